The number of rotatable bonds is 7. The van der Waals surface area contributed by atoms with Crippen LogP contribution in [-0.4, -0.2) is 64.9 Å². The van der Waals surface area contributed by atoms with Gasteiger partial charge >= 0.3 is 0 Å². The summed E-state index contributed by atoms with van der Waals surface area (Å²) in [7, 11) is 1.86. The summed E-state index contributed by atoms with van der Waals surface area (Å²) in [4.78, 5) is 17.3. The van der Waals surface area contributed by atoms with Gasteiger partial charge in [0, 0.05) is 45.8 Å². The molecule has 2 fully saturated rings. The molecule has 26 heavy (non-hydrogen) atoms. The topological polar surface area (TPSA) is 50.6 Å². The molecule has 1 aliphatic heterocycles. The van der Waals surface area contributed by atoms with Crippen molar-refractivity contribution < 1.29 is 9.53 Å². The zero-order valence-electron chi connectivity index (χ0n) is 15.8. The average Bonchev–Trinajstić information content (AvgIpc) is 2.97. The minimum Gasteiger partial charge on any atom is -0.379 e. The van der Waals surface area contributed by atoms with Crippen LogP contribution in [0.3, 0.4) is 0 Å². The van der Waals surface area contributed by atoms with E-state index in [0.29, 0.717) is 23.9 Å². The van der Waals surface area contributed by atoms with E-state index in [0.717, 1.165) is 45.1 Å². The molecule has 2 aliphatic rings. The van der Waals surface area contributed by atoms with Crippen LogP contribution in [0.15, 0.2) is 6.20 Å². The number of carbonyl (C=O) groups excluding carboxylic acids is 1. The summed E-state index contributed by atoms with van der Waals surface area (Å²) < 4.78 is 7.13. The van der Waals surface area contributed by atoms with E-state index in [2.05, 4.69) is 10.00 Å². The first-order valence-corrected chi connectivity index (χ1v) is 10.3. The Kier molecular flexibility index (Phi) is 7.34. The maximum atomic E-state index is 13.0. The first-order chi connectivity index (χ1) is 12.6. The molecule has 1 amide bonds. The van der Waals surface area contributed by atoms with Crippen molar-refractivity contribution in [3.8, 4) is 0 Å². The largest absolute Gasteiger partial charge is 0.379 e. The lowest BCUT2D eigenvalue weighted by atomic mass is 9.86. The van der Waals surface area contributed by atoms with Gasteiger partial charge in [-0.15, -0.1) is 0 Å². The van der Waals surface area contributed by atoms with Gasteiger partial charge in [0.25, 0.3) is 0 Å². The van der Waals surface area contributed by atoms with Gasteiger partial charge in [0.1, 0.15) is 5.69 Å². The number of halogens is 1. The maximum Gasteiger partial charge on any atom is 0.223 e. The number of ether oxygens (including phenoxy) is 1. The molecule has 1 aliphatic carbocycles. The van der Waals surface area contributed by atoms with Crippen LogP contribution >= 0.6 is 11.6 Å². The van der Waals surface area contributed by atoms with Gasteiger partial charge in [-0.3, -0.25) is 14.4 Å². The molecule has 0 radical (unpaired) electrons. The summed E-state index contributed by atoms with van der Waals surface area (Å²) in [5.74, 6) is 0.785. The highest BCUT2D eigenvalue weighted by Crippen LogP contribution is 2.27. The molecule has 0 bridgehead atoms. The second-order valence-electron chi connectivity index (χ2n) is 7.57. The SMILES string of the molecule is Cn1cc(Cl)c(CN(CCN2CCOCC2)C(=O)CC2CCCCC2)n1. The highest BCUT2D eigenvalue weighted by Gasteiger charge is 2.23. The van der Waals surface area contributed by atoms with E-state index in [9.17, 15) is 4.79 Å². The molecular formula is C19H31ClN4O2. The van der Waals surface area contributed by atoms with Gasteiger partial charge in [-0.25, -0.2) is 0 Å². The predicted octanol–water partition coefficient (Wildman–Crippen LogP) is 2.70. The number of carbonyl (C=O) groups is 1. The summed E-state index contributed by atoms with van der Waals surface area (Å²) in [5, 5.41) is 5.06. The number of aryl methyl sites for hydroxylation is 1. The Morgan fingerprint density at radius 1 is 1.31 bits per heavy atom. The van der Waals surface area contributed by atoms with Crippen LogP contribution in [0.2, 0.25) is 5.02 Å². The minimum atomic E-state index is 0.242. The molecule has 0 aromatic carbocycles. The molecule has 7 heteroatoms. The summed E-state index contributed by atoms with van der Waals surface area (Å²) in [6.45, 7) is 5.53. The van der Waals surface area contributed by atoms with Crippen molar-refractivity contribution in [2.24, 2.45) is 13.0 Å². The van der Waals surface area contributed by atoms with Crippen molar-refractivity contribution in [1.82, 2.24) is 19.6 Å². The molecule has 6 nitrogen and oxygen atoms in total. The fraction of sp³-hybridized carbons (Fsp3) is 0.789. The molecule has 3 rings (SSSR count). The quantitative estimate of drug-likeness (QED) is 0.727. The van der Waals surface area contributed by atoms with Gasteiger partial charge < -0.3 is 9.64 Å². The average molecular weight is 383 g/mol. The fourth-order valence-electron chi connectivity index (χ4n) is 3.94. The first-order valence-electron chi connectivity index (χ1n) is 9.87. The fourth-order valence-corrected chi connectivity index (χ4v) is 4.18. The van der Waals surface area contributed by atoms with E-state index in [1.807, 2.05) is 11.9 Å². The van der Waals surface area contributed by atoms with Crippen LogP contribution in [-0.2, 0) is 23.1 Å². The zero-order valence-corrected chi connectivity index (χ0v) is 16.6. The minimum absolute atomic E-state index is 0.242. The molecule has 0 spiro atoms. The van der Waals surface area contributed by atoms with Crippen LogP contribution in [0.25, 0.3) is 0 Å². The second kappa shape index (κ2) is 9.72. The third-order valence-corrected chi connectivity index (χ3v) is 5.84. The van der Waals surface area contributed by atoms with Gasteiger partial charge in [0.15, 0.2) is 0 Å². The van der Waals surface area contributed by atoms with E-state index in [4.69, 9.17) is 16.3 Å². The van der Waals surface area contributed by atoms with Gasteiger partial charge in [-0.05, 0) is 18.8 Å². The van der Waals surface area contributed by atoms with Crippen molar-refractivity contribution in [3.05, 3.63) is 16.9 Å². The molecule has 0 atom stereocenters. The van der Waals surface area contributed by atoms with E-state index in [-0.39, 0.29) is 5.91 Å². The lowest BCUT2D eigenvalue weighted by molar-refractivity contribution is -0.133. The molecule has 0 N–H and O–H groups in total. The predicted molar refractivity (Wildman–Crippen MR) is 102 cm³/mol. The van der Waals surface area contributed by atoms with Gasteiger partial charge in [-0.2, -0.15) is 5.10 Å². The highest BCUT2D eigenvalue weighted by atomic mass is 35.5. The van der Waals surface area contributed by atoms with E-state index in [1.54, 1.807) is 10.9 Å². The van der Waals surface area contributed by atoms with Crippen molar-refractivity contribution in [2.75, 3.05) is 39.4 Å². The number of aromatic nitrogens is 2. The van der Waals surface area contributed by atoms with Gasteiger partial charge in [0.05, 0.1) is 24.8 Å². The Hall–Kier alpha value is -1.11. The third kappa shape index (κ3) is 5.69. The number of amides is 1. The zero-order chi connectivity index (χ0) is 18.4. The highest BCUT2D eigenvalue weighted by molar-refractivity contribution is 6.31. The second-order valence-corrected chi connectivity index (χ2v) is 7.98. The first kappa shape index (κ1) is 19.6. The van der Waals surface area contributed by atoms with E-state index >= 15 is 0 Å². The summed E-state index contributed by atoms with van der Waals surface area (Å²) >= 11 is 6.29. The smallest absolute Gasteiger partial charge is 0.223 e. The standard InChI is InChI=1S/C19H31ClN4O2/c1-22-14-17(20)18(21-22)15-24(8-7-23-9-11-26-12-10-23)19(25)13-16-5-3-2-4-6-16/h14,16H,2-13,15H2,1H3. The summed E-state index contributed by atoms with van der Waals surface area (Å²) in [6.07, 6.45) is 8.67. The van der Waals surface area contributed by atoms with Crippen molar-refractivity contribution >= 4 is 17.5 Å². The molecule has 146 valence electrons. The van der Waals surface area contributed by atoms with E-state index < -0.39 is 0 Å². The summed E-state index contributed by atoms with van der Waals surface area (Å²) in [5.41, 5.74) is 0.785. The molecule has 0 unspecified atom stereocenters. The van der Waals surface area contributed by atoms with Crippen LogP contribution in [0.4, 0.5) is 0 Å². The van der Waals surface area contributed by atoms with Crippen LogP contribution < -0.4 is 0 Å². The normalized spacial score (nSPS) is 19.6. The number of hydrogen-bond donors (Lipinski definition) is 0. The maximum absolute atomic E-state index is 13.0. The van der Waals surface area contributed by atoms with Gasteiger partial charge in [-0.1, -0.05) is 30.9 Å². The monoisotopic (exact) mass is 382 g/mol. The number of nitrogens with zero attached hydrogens (tertiary/aromatic N) is 4. The van der Waals surface area contributed by atoms with E-state index in [1.165, 1.54) is 32.1 Å². The number of morpholine rings is 1. The van der Waals surface area contributed by atoms with Crippen molar-refractivity contribution in [1.29, 1.82) is 0 Å². The van der Waals surface area contributed by atoms with Crippen molar-refractivity contribution in [3.63, 3.8) is 0 Å². The lowest BCUT2D eigenvalue weighted by Crippen LogP contribution is -2.43. The third-order valence-electron chi connectivity index (χ3n) is 5.53. The Balaban J connectivity index is 1.61. The molecule has 1 aromatic rings. The molecule has 1 aromatic heterocycles. The van der Waals surface area contributed by atoms with Gasteiger partial charge in [0.2, 0.25) is 5.91 Å². The Labute approximate surface area is 161 Å². The van der Waals surface area contributed by atoms with Crippen LogP contribution in [0.5, 0.6) is 0 Å². The Morgan fingerprint density at radius 3 is 2.69 bits per heavy atom. The number of hydrogen-bond acceptors (Lipinski definition) is 4. The van der Waals surface area contributed by atoms with Crippen LogP contribution in [0, 0.1) is 5.92 Å². The molecule has 2 heterocycles. The molecule has 1 saturated heterocycles. The molecular weight excluding hydrogens is 352 g/mol. The van der Waals surface area contributed by atoms with Crippen molar-refractivity contribution in [2.45, 2.75) is 45.1 Å². The van der Waals surface area contributed by atoms with Crippen LogP contribution in [0.1, 0.15) is 44.2 Å². The summed E-state index contributed by atoms with van der Waals surface area (Å²) in [6, 6.07) is 0. The lowest BCUT2D eigenvalue weighted by Gasteiger charge is -2.31. The Bertz CT molecular complexity index is 580. The molecule has 1 saturated carbocycles. The Morgan fingerprint density at radius 2 is 2.04 bits per heavy atom.